The summed E-state index contributed by atoms with van der Waals surface area (Å²) in [5.74, 6) is 0. The second-order valence-corrected chi connectivity index (χ2v) is 6.46. The molecule has 20 heavy (non-hydrogen) atoms. The molecule has 1 heterocycles. The van der Waals surface area contributed by atoms with Gasteiger partial charge in [0.1, 0.15) is 0 Å². The molecule has 2 rings (SSSR count). The summed E-state index contributed by atoms with van der Waals surface area (Å²) in [7, 11) is -1.86. The van der Waals surface area contributed by atoms with Gasteiger partial charge in [0.25, 0.3) is 0 Å². The van der Waals surface area contributed by atoms with Crippen molar-refractivity contribution in [2.24, 2.45) is 0 Å². The van der Waals surface area contributed by atoms with Crippen LogP contribution in [0.3, 0.4) is 0 Å². The SMILES string of the molecule is COCc1cccc(S(=O)(=O)NC2CCCNC2)c1.Cl. The molecular formula is C13H21ClN2O3S. The molecular weight excluding hydrogens is 300 g/mol. The first-order valence-electron chi connectivity index (χ1n) is 6.43. The van der Waals surface area contributed by atoms with Crippen molar-refractivity contribution in [2.75, 3.05) is 20.2 Å². The van der Waals surface area contributed by atoms with Gasteiger partial charge in [-0.15, -0.1) is 12.4 Å². The first kappa shape index (κ1) is 17.4. The van der Waals surface area contributed by atoms with Crippen LogP contribution in [0.4, 0.5) is 0 Å². The topological polar surface area (TPSA) is 67.4 Å². The molecule has 1 aromatic carbocycles. The van der Waals surface area contributed by atoms with E-state index in [4.69, 9.17) is 4.74 Å². The highest BCUT2D eigenvalue weighted by atomic mass is 35.5. The molecule has 1 aliphatic rings. The number of nitrogens with one attached hydrogen (secondary N) is 2. The Morgan fingerprint density at radius 3 is 2.90 bits per heavy atom. The maximum atomic E-state index is 12.3. The number of hydrogen-bond acceptors (Lipinski definition) is 4. The fourth-order valence-corrected chi connectivity index (χ4v) is 3.55. The van der Waals surface area contributed by atoms with Crippen molar-refractivity contribution < 1.29 is 13.2 Å². The average Bonchev–Trinajstić information content (AvgIpc) is 2.40. The molecule has 1 saturated heterocycles. The minimum absolute atomic E-state index is 0. The van der Waals surface area contributed by atoms with Gasteiger partial charge in [-0.1, -0.05) is 12.1 Å². The first-order chi connectivity index (χ1) is 9.12. The Balaban J connectivity index is 0.00000200. The number of halogens is 1. The predicted octanol–water partition coefficient (Wildman–Crippen LogP) is 1.29. The highest BCUT2D eigenvalue weighted by Gasteiger charge is 2.21. The van der Waals surface area contributed by atoms with Gasteiger partial charge in [0, 0.05) is 19.7 Å². The Morgan fingerprint density at radius 2 is 2.25 bits per heavy atom. The minimum atomic E-state index is -3.45. The normalized spacial score (nSPS) is 19.4. The van der Waals surface area contributed by atoms with Gasteiger partial charge in [-0.05, 0) is 37.1 Å². The monoisotopic (exact) mass is 320 g/mol. The molecule has 1 fully saturated rings. The summed E-state index contributed by atoms with van der Waals surface area (Å²) in [5, 5.41) is 3.19. The van der Waals surface area contributed by atoms with Gasteiger partial charge in [-0.2, -0.15) is 0 Å². The summed E-state index contributed by atoms with van der Waals surface area (Å²) in [6.45, 7) is 2.06. The fourth-order valence-electron chi connectivity index (χ4n) is 2.21. The zero-order valence-corrected chi connectivity index (χ0v) is 13.1. The summed E-state index contributed by atoms with van der Waals surface area (Å²) in [6, 6.07) is 6.83. The molecule has 1 aromatic rings. The van der Waals surface area contributed by atoms with Crippen molar-refractivity contribution in [2.45, 2.75) is 30.4 Å². The van der Waals surface area contributed by atoms with Crippen LogP contribution in [0.5, 0.6) is 0 Å². The van der Waals surface area contributed by atoms with Crippen LogP contribution in [0.1, 0.15) is 18.4 Å². The van der Waals surface area contributed by atoms with E-state index in [-0.39, 0.29) is 18.4 Å². The molecule has 0 spiro atoms. The van der Waals surface area contributed by atoms with Crippen LogP contribution in [0.15, 0.2) is 29.2 Å². The Kier molecular flexibility index (Phi) is 6.91. The third-order valence-corrected chi connectivity index (χ3v) is 4.66. The molecule has 1 atom stereocenters. The Bertz CT molecular complexity index is 516. The van der Waals surface area contributed by atoms with Crippen molar-refractivity contribution in [1.29, 1.82) is 0 Å². The highest BCUT2D eigenvalue weighted by molar-refractivity contribution is 7.89. The number of benzene rings is 1. The number of hydrogen-bond donors (Lipinski definition) is 2. The van der Waals surface area contributed by atoms with Crippen LogP contribution >= 0.6 is 12.4 Å². The molecule has 2 N–H and O–H groups in total. The third kappa shape index (κ3) is 4.71. The van der Waals surface area contributed by atoms with Crippen LogP contribution in [0, 0.1) is 0 Å². The van der Waals surface area contributed by atoms with Crippen molar-refractivity contribution in [3.63, 3.8) is 0 Å². The van der Waals surface area contributed by atoms with E-state index >= 15 is 0 Å². The number of ether oxygens (including phenoxy) is 1. The van der Waals surface area contributed by atoms with Crippen LogP contribution in [-0.4, -0.2) is 34.7 Å². The van der Waals surface area contributed by atoms with E-state index in [1.807, 2.05) is 6.07 Å². The lowest BCUT2D eigenvalue weighted by Gasteiger charge is -2.23. The molecule has 5 nitrogen and oxygen atoms in total. The van der Waals surface area contributed by atoms with Crippen molar-refractivity contribution in [1.82, 2.24) is 10.0 Å². The zero-order valence-electron chi connectivity index (χ0n) is 11.5. The number of piperidine rings is 1. The zero-order chi connectivity index (χ0) is 13.7. The number of methoxy groups -OCH3 is 1. The molecule has 0 amide bonds. The Morgan fingerprint density at radius 1 is 1.45 bits per heavy atom. The van der Waals surface area contributed by atoms with E-state index in [2.05, 4.69) is 10.0 Å². The highest BCUT2D eigenvalue weighted by Crippen LogP contribution is 2.14. The molecule has 1 aliphatic heterocycles. The van der Waals surface area contributed by atoms with Gasteiger partial charge in [0.2, 0.25) is 10.0 Å². The summed E-state index contributed by atoms with van der Waals surface area (Å²) >= 11 is 0. The summed E-state index contributed by atoms with van der Waals surface area (Å²) in [6.07, 6.45) is 1.88. The Hall–Kier alpha value is -0.660. The molecule has 0 saturated carbocycles. The van der Waals surface area contributed by atoms with E-state index in [1.54, 1.807) is 25.3 Å². The number of rotatable bonds is 5. The third-order valence-electron chi connectivity index (χ3n) is 3.14. The molecule has 1 unspecified atom stereocenters. The van der Waals surface area contributed by atoms with Crippen molar-refractivity contribution >= 4 is 22.4 Å². The molecule has 7 heteroatoms. The minimum Gasteiger partial charge on any atom is -0.380 e. The quantitative estimate of drug-likeness (QED) is 0.858. The number of sulfonamides is 1. The molecule has 114 valence electrons. The largest absolute Gasteiger partial charge is 0.380 e. The first-order valence-corrected chi connectivity index (χ1v) is 7.91. The van der Waals surface area contributed by atoms with Gasteiger partial charge < -0.3 is 10.1 Å². The molecule has 0 bridgehead atoms. The van der Waals surface area contributed by atoms with E-state index in [0.29, 0.717) is 18.0 Å². The van der Waals surface area contributed by atoms with Gasteiger partial charge >= 0.3 is 0 Å². The standard InChI is InChI=1S/C13H20N2O3S.ClH/c1-18-10-11-4-2-6-13(8-11)19(16,17)15-12-5-3-7-14-9-12;/h2,4,6,8,12,14-15H,3,5,7,9-10H2,1H3;1H. The van der Waals surface area contributed by atoms with Gasteiger partial charge in [-0.25, -0.2) is 13.1 Å². The van der Waals surface area contributed by atoms with E-state index in [9.17, 15) is 8.42 Å². The van der Waals surface area contributed by atoms with E-state index in [0.717, 1.165) is 24.9 Å². The molecule has 0 radical (unpaired) electrons. The fraction of sp³-hybridized carbons (Fsp3) is 0.538. The van der Waals surface area contributed by atoms with Crippen molar-refractivity contribution in [3.05, 3.63) is 29.8 Å². The molecule has 0 aromatic heterocycles. The lowest BCUT2D eigenvalue weighted by atomic mass is 10.1. The van der Waals surface area contributed by atoms with Crippen LogP contribution in [-0.2, 0) is 21.4 Å². The average molecular weight is 321 g/mol. The summed E-state index contributed by atoms with van der Waals surface area (Å²) < 4.78 is 32.3. The Labute approximate surface area is 126 Å². The van der Waals surface area contributed by atoms with Crippen molar-refractivity contribution in [3.8, 4) is 0 Å². The van der Waals surface area contributed by atoms with Crippen LogP contribution in [0.2, 0.25) is 0 Å². The lowest BCUT2D eigenvalue weighted by molar-refractivity contribution is 0.184. The molecule has 0 aliphatic carbocycles. The van der Waals surface area contributed by atoms with Crippen LogP contribution in [0.25, 0.3) is 0 Å². The van der Waals surface area contributed by atoms with Gasteiger partial charge in [0.15, 0.2) is 0 Å². The maximum Gasteiger partial charge on any atom is 0.240 e. The second kappa shape index (κ2) is 7.95. The summed E-state index contributed by atoms with van der Waals surface area (Å²) in [5.41, 5.74) is 0.854. The summed E-state index contributed by atoms with van der Waals surface area (Å²) in [4.78, 5) is 0.299. The smallest absolute Gasteiger partial charge is 0.240 e. The second-order valence-electron chi connectivity index (χ2n) is 4.74. The van der Waals surface area contributed by atoms with E-state index in [1.165, 1.54) is 0 Å². The predicted molar refractivity (Wildman–Crippen MR) is 80.6 cm³/mol. The maximum absolute atomic E-state index is 12.3. The van der Waals surface area contributed by atoms with Gasteiger partial charge in [0.05, 0.1) is 11.5 Å². The lowest BCUT2D eigenvalue weighted by Crippen LogP contribution is -2.45. The van der Waals surface area contributed by atoms with Crippen LogP contribution < -0.4 is 10.0 Å². The van der Waals surface area contributed by atoms with Gasteiger partial charge in [-0.3, -0.25) is 0 Å². The van der Waals surface area contributed by atoms with E-state index < -0.39 is 10.0 Å².